The Morgan fingerprint density at radius 2 is 2.00 bits per heavy atom. The van der Waals surface area contributed by atoms with Crippen molar-refractivity contribution in [1.29, 1.82) is 0 Å². The highest BCUT2D eigenvalue weighted by molar-refractivity contribution is 6.10. The quantitative estimate of drug-likeness (QED) is 0.384. The maximum Gasteiger partial charge on any atom is 0.326 e. The molecule has 1 aliphatic carbocycles. The summed E-state index contributed by atoms with van der Waals surface area (Å²) in [4.78, 5) is 35.4. The van der Waals surface area contributed by atoms with Crippen molar-refractivity contribution in [2.75, 3.05) is 13.2 Å². The summed E-state index contributed by atoms with van der Waals surface area (Å²) in [6.07, 6.45) is 2.41. The summed E-state index contributed by atoms with van der Waals surface area (Å²) >= 11 is 0. The highest BCUT2D eigenvalue weighted by Crippen LogP contribution is 2.46. The number of likely N-dealkylation sites (tertiary alicyclic amines) is 1. The van der Waals surface area contributed by atoms with E-state index in [0.717, 1.165) is 17.7 Å². The van der Waals surface area contributed by atoms with Crippen LogP contribution in [0, 0.1) is 11.8 Å². The smallest absolute Gasteiger partial charge is 0.326 e. The van der Waals surface area contributed by atoms with E-state index in [0.29, 0.717) is 13.0 Å². The van der Waals surface area contributed by atoms with Gasteiger partial charge in [-0.05, 0) is 12.8 Å². The summed E-state index contributed by atoms with van der Waals surface area (Å²) in [6.45, 7) is 2.14. The number of hydrogen-bond donors (Lipinski definition) is 0. The summed E-state index contributed by atoms with van der Waals surface area (Å²) in [5.41, 5.74) is 0. The summed E-state index contributed by atoms with van der Waals surface area (Å²) < 4.78 is 4.91. The Morgan fingerprint density at radius 1 is 1.38 bits per heavy atom. The predicted molar refractivity (Wildman–Crippen MR) is 54.2 cm³/mol. The molecule has 2 unspecified atom stereocenters. The van der Waals surface area contributed by atoms with Crippen LogP contribution in [-0.2, 0) is 19.1 Å². The Morgan fingerprint density at radius 3 is 2.56 bits per heavy atom. The molecule has 2 fully saturated rings. The number of piperidine rings is 1. The van der Waals surface area contributed by atoms with Crippen molar-refractivity contribution in [2.45, 2.75) is 26.2 Å². The molecule has 5 heteroatoms. The lowest BCUT2D eigenvalue weighted by Crippen LogP contribution is -2.38. The predicted octanol–water partition coefficient (Wildman–Crippen LogP) is 0.335. The number of amides is 2. The Kier molecular flexibility index (Phi) is 2.94. The first-order chi connectivity index (χ1) is 7.65. The number of unbranched alkanes of at least 4 members (excludes halogenated alkanes) is 1. The maximum absolute atomic E-state index is 11.5. The van der Waals surface area contributed by atoms with Gasteiger partial charge in [0.15, 0.2) is 0 Å². The SMILES string of the molecule is CCCCOC(=O)CN1C(=O)C2CC2C1=O. The van der Waals surface area contributed by atoms with E-state index >= 15 is 0 Å². The molecule has 5 nitrogen and oxygen atoms in total. The van der Waals surface area contributed by atoms with Gasteiger partial charge in [-0.1, -0.05) is 13.3 Å². The van der Waals surface area contributed by atoms with Crippen molar-refractivity contribution >= 4 is 17.8 Å². The van der Waals surface area contributed by atoms with Crippen LogP contribution in [0.15, 0.2) is 0 Å². The lowest BCUT2D eigenvalue weighted by Gasteiger charge is -2.15. The van der Waals surface area contributed by atoms with Crippen molar-refractivity contribution in [2.24, 2.45) is 11.8 Å². The molecule has 0 spiro atoms. The second-order valence-electron chi connectivity index (χ2n) is 4.29. The number of hydrogen-bond acceptors (Lipinski definition) is 4. The highest BCUT2D eigenvalue weighted by Gasteiger charge is 2.59. The third-order valence-electron chi connectivity index (χ3n) is 3.01. The van der Waals surface area contributed by atoms with Gasteiger partial charge < -0.3 is 4.74 Å². The van der Waals surface area contributed by atoms with Gasteiger partial charge in [-0.3, -0.25) is 19.3 Å². The zero-order chi connectivity index (χ0) is 11.7. The van der Waals surface area contributed by atoms with Crippen LogP contribution in [0.2, 0.25) is 0 Å². The van der Waals surface area contributed by atoms with Gasteiger partial charge in [-0.15, -0.1) is 0 Å². The fourth-order valence-electron chi connectivity index (χ4n) is 1.91. The fraction of sp³-hybridized carbons (Fsp3) is 0.727. The van der Waals surface area contributed by atoms with Crippen LogP contribution in [-0.4, -0.2) is 35.8 Å². The molecule has 1 aliphatic heterocycles. The monoisotopic (exact) mass is 225 g/mol. The van der Waals surface area contributed by atoms with Crippen molar-refractivity contribution in [1.82, 2.24) is 4.90 Å². The van der Waals surface area contributed by atoms with Gasteiger partial charge in [0.2, 0.25) is 11.8 Å². The fourth-order valence-corrected chi connectivity index (χ4v) is 1.91. The average molecular weight is 225 g/mol. The summed E-state index contributed by atoms with van der Waals surface area (Å²) in [5, 5.41) is 0. The Hall–Kier alpha value is -1.39. The number of nitrogens with zero attached hydrogens (tertiary/aromatic N) is 1. The first-order valence-electron chi connectivity index (χ1n) is 5.66. The first kappa shape index (κ1) is 11.1. The lowest BCUT2D eigenvalue weighted by molar-refractivity contribution is -0.153. The van der Waals surface area contributed by atoms with E-state index in [1.165, 1.54) is 0 Å². The molecular formula is C11H15NO4. The van der Waals surface area contributed by atoms with Gasteiger partial charge in [0, 0.05) is 0 Å². The summed E-state index contributed by atoms with van der Waals surface area (Å²) in [5.74, 6) is -1.19. The minimum absolute atomic E-state index is 0.143. The molecule has 0 aromatic carbocycles. The molecule has 1 saturated heterocycles. The molecule has 2 atom stereocenters. The van der Waals surface area contributed by atoms with Crippen molar-refractivity contribution < 1.29 is 19.1 Å². The normalized spacial score (nSPS) is 26.9. The van der Waals surface area contributed by atoms with Crippen LogP contribution >= 0.6 is 0 Å². The Bertz CT molecular complexity index is 319. The Labute approximate surface area is 93.7 Å². The molecule has 0 N–H and O–H groups in total. The number of fused-ring (bicyclic) bond motifs is 1. The summed E-state index contributed by atoms with van der Waals surface area (Å²) in [7, 11) is 0. The molecule has 88 valence electrons. The van der Waals surface area contributed by atoms with Gasteiger partial charge >= 0.3 is 5.97 Å². The molecular weight excluding hydrogens is 210 g/mol. The largest absolute Gasteiger partial charge is 0.464 e. The topological polar surface area (TPSA) is 63.7 Å². The second kappa shape index (κ2) is 4.23. The molecule has 0 bridgehead atoms. The standard InChI is InChI=1S/C11H15NO4/c1-2-3-4-16-9(13)6-12-10(14)7-5-8(7)11(12)15/h7-8H,2-6H2,1H3. The number of imide groups is 1. The average Bonchev–Trinajstić information content (AvgIpc) is 3.00. The molecule has 2 rings (SSSR count). The van der Waals surface area contributed by atoms with Crippen LogP contribution < -0.4 is 0 Å². The summed E-state index contributed by atoms with van der Waals surface area (Å²) in [6, 6.07) is 0. The Balaban J connectivity index is 1.79. The van der Waals surface area contributed by atoms with Gasteiger partial charge in [0.05, 0.1) is 18.4 Å². The van der Waals surface area contributed by atoms with Crippen LogP contribution in [0.25, 0.3) is 0 Å². The van der Waals surface area contributed by atoms with Gasteiger partial charge in [-0.2, -0.15) is 0 Å². The van der Waals surface area contributed by atoms with Crippen molar-refractivity contribution in [3.63, 3.8) is 0 Å². The van der Waals surface area contributed by atoms with Crippen LogP contribution in [0.5, 0.6) is 0 Å². The van der Waals surface area contributed by atoms with Crippen LogP contribution in [0.1, 0.15) is 26.2 Å². The van der Waals surface area contributed by atoms with E-state index in [4.69, 9.17) is 4.74 Å². The van der Waals surface area contributed by atoms with E-state index in [1.54, 1.807) is 0 Å². The van der Waals surface area contributed by atoms with E-state index in [2.05, 4.69) is 0 Å². The second-order valence-corrected chi connectivity index (χ2v) is 4.29. The molecule has 1 saturated carbocycles. The maximum atomic E-state index is 11.5. The third-order valence-corrected chi connectivity index (χ3v) is 3.01. The molecule has 2 aliphatic rings. The van der Waals surface area contributed by atoms with Crippen LogP contribution in [0.3, 0.4) is 0 Å². The lowest BCUT2D eigenvalue weighted by atomic mass is 10.4. The molecule has 0 radical (unpaired) electrons. The number of carbonyl (C=O) groups is 3. The van der Waals surface area contributed by atoms with Gasteiger partial charge in [0.1, 0.15) is 6.54 Å². The van der Waals surface area contributed by atoms with Gasteiger partial charge in [0.25, 0.3) is 0 Å². The number of esters is 1. The minimum Gasteiger partial charge on any atom is -0.464 e. The molecule has 0 aromatic heterocycles. The van der Waals surface area contributed by atoms with Gasteiger partial charge in [-0.25, -0.2) is 0 Å². The zero-order valence-electron chi connectivity index (χ0n) is 9.27. The highest BCUT2D eigenvalue weighted by atomic mass is 16.5. The van der Waals surface area contributed by atoms with E-state index in [-0.39, 0.29) is 30.2 Å². The number of rotatable bonds is 5. The van der Waals surface area contributed by atoms with Crippen molar-refractivity contribution in [3.8, 4) is 0 Å². The van der Waals surface area contributed by atoms with E-state index in [9.17, 15) is 14.4 Å². The number of carbonyl (C=O) groups excluding carboxylic acids is 3. The van der Waals surface area contributed by atoms with Crippen LogP contribution in [0.4, 0.5) is 0 Å². The minimum atomic E-state index is -0.489. The number of ether oxygens (including phenoxy) is 1. The molecule has 0 aromatic rings. The van der Waals surface area contributed by atoms with E-state index in [1.807, 2.05) is 6.92 Å². The van der Waals surface area contributed by atoms with E-state index < -0.39 is 5.97 Å². The molecule has 2 amide bonds. The third kappa shape index (κ3) is 1.94. The zero-order valence-corrected chi connectivity index (χ0v) is 9.27. The molecule has 1 heterocycles. The molecule has 16 heavy (non-hydrogen) atoms. The van der Waals surface area contributed by atoms with Crippen molar-refractivity contribution in [3.05, 3.63) is 0 Å². The first-order valence-corrected chi connectivity index (χ1v) is 5.66.